The van der Waals surface area contributed by atoms with E-state index in [1.165, 1.54) is 17.8 Å². The van der Waals surface area contributed by atoms with Crippen molar-refractivity contribution in [2.45, 2.75) is 29.0 Å². The van der Waals surface area contributed by atoms with Crippen molar-refractivity contribution in [1.29, 1.82) is 0 Å². The van der Waals surface area contributed by atoms with Gasteiger partial charge in [0.1, 0.15) is 0 Å². The topological polar surface area (TPSA) is 73.4 Å². The van der Waals surface area contributed by atoms with Crippen LogP contribution in [-0.2, 0) is 11.8 Å². The quantitative estimate of drug-likeness (QED) is 0.358. The zero-order chi connectivity index (χ0) is 23.9. The molecule has 178 valence electrons. The van der Waals surface area contributed by atoms with E-state index in [-0.39, 0.29) is 5.65 Å². The van der Waals surface area contributed by atoms with Crippen LogP contribution in [0.25, 0.3) is 27.7 Å². The molecule has 4 aromatic heterocycles. The molecule has 0 atom stereocenters. The molecule has 1 fully saturated rings. The third-order valence-corrected chi connectivity index (χ3v) is 7.41. The Morgan fingerprint density at radius 2 is 1.89 bits per heavy atom. The fourth-order valence-electron chi connectivity index (χ4n) is 4.52. The van der Waals surface area contributed by atoms with Gasteiger partial charge in [-0.3, -0.25) is 14.1 Å². The maximum absolute atomic E-state index is 14.8. The van der Waals surface area contributed by atoms with Crippen LogP contribution in [0.4, 0.5) is 10.1 Å². The van der Waals surface area contributed by atoms with Crippen LogP contribution in [0, 0.1) is 5.82 Å². The van der Waals surface area contributed by atoms with Crippen molar-refractivity contribution >= 4 is 34.0 Å². The number of halogens is 1. The van der Waals surface area contributed by atoms with Gasteiger partial charge in [0.05, 0.1) is 29.7 Å². The van der Waals surface area contributed by atoms with Crippen molar-refractivity contribution in [3.63, 3.8) is 0 Å². The molecule has 1 aliphatic rings. The summed E-state index contributed by atoms with van der Waals surface area (Å²) in [5, 5.41) is 14.2. The molecule has 5 heterocycles. The highest BCUT2D eigenvalue weighted by Crippen LogP contribution is 2.32. The third kappa shape index (κ3) is 4.23. The van der Waals surface area contributed by atoms with E-state index in [4.69, 9.17) is 4.74 Å². The number of fused-ring (bicyclic) bond motifs is 2. The Hall–Kier alpha value is -3.50. The van der Waals surface area contributed by atoms with E-state index in [2.05, 4.69) is 37.3 Å². The maximum Gasteiger partial charge on any atom is 0.200 e. The highest BCUT2D eigenvalue weighted by Gasteiger charge is 2.19. The molecule has 35 heavy (non-hydrogen) atoms. The van der Waals surface area contributed by atoms with E-state index in [1.807, 2.05) is 37.8 Å². The minimum absolute atomic E-state index is 0.198. The van der Waals surface area contributed by atoms with Crippen molar-refractivity contribution in [3.8, 4) is 11.1 Å². The summed E-state index contributed by atoms with van der Waals surface area (Å²) in [7, 11) is 3.61. The van der Waals surface area contributed by atoms with E-state index in [0.29, 0.717) is 16.8 Å². The van der Waals surface area contributed by atoms with Gasteiger partial charge in [-0.15, -0.1) is 10.2 Å². The Labute approximate surface area is 205 Å². The van der Waals surface area contributed by atoms with Gasteiger partial charge in [-0.1, -0.05) is 0 Å². The Kier molecular flexibility index (Phi) is 5.62. The van der Waals surface area contributed by atoms with Crippen LogP contribution in [0.15, 0.2) is 65.2 Å². The molecule has 0 unspecified atom stereocenters. The fourth-order valence-corrected chi connectivity index (χ4v) is 5.37. The molecule has 6 rings (SSSR count). The summed E-state index contributed by atoms with van der Waals surface area (Å²) in [6.07, 6.45) is 9.72. The lowest BCUT2D eigenvalue weighted by Crippen LogP contribution is -2.36. The van der Waals surface area contributed by atoms with E-state index in [9.17, 15) is 4.39 Å². The monoisotopic (exact) mass is 489 g/mol. The predicted molar refractivity (Wildman–Crippen MR) is 133 cm³/mol. The number of hydrogen-bond acceptors (Lipinski definition) is 7. The molecule has 0 amide bonds. The molecule has 0 saturated carbocycles. The highest BCUT2D eigenvalue weighted by molar-refractivity contribution is 7.99. The lowest BCUT2D eigenvalue weighted by molar-refractivity contribution is 0.0819. The van der Waals surface area contributed by atoms with Crippen LogP contribution in [0.2, 0.25) is 0 Å². The molecule has 0 N–H and O–H groups in total. The van der Waals surface area contributed by atoms with Gasteiger partial charge < -0.3 is 9.64 Å². The number of pyridine rings is 2. The SMILES string of the molecule is COC1CCN(c2cnc3ccc(Sc4nnc5c(F)cc(-c6cnn(C)c6)cn45)cc3c2)CC1. The Balaban J connectivity index is 1.30. The second-order valence-corrected chi connectivity index (χ2v) is 9.77. The van der Waals surface area contributed by atoms with E-state index in [1.54, 1.807) is 22.4 Å². The van der Waals surface area contributed by atoms with Crippen LogP contribution in [0.1, 0.15) is 12.8 Å². The largest absolute Gasteiger partial charge is 0.381 e. The second kappa shape index (κ2) is 8.94. The zero-order valence-corrected chi connectivity index (χ0v) is 20.2. The molecule has 1 aromatic carbocycles. The molecule has 10 heteroatoms. The first-order valence-electron chi connectivity index (χ1n) is 11.5. The Bertz CT molecular complexity index is 1520. The van der Waals surface area contributed by atoms with Gasteiger partial charge in [-0.25, -0.2) is 4.39 Å². The first kappa shape index (κ1) is 22.0. The van der Waals surface area contributed by atoms with Gasteiger partial charge in [-0.2, -0.15) is 5.10 Å². The molecular formula is C25H24FN7OS. The first-order valence-corrected chi connectivity index (χ1v) is 12.3. The Morgan fingerprint density at radius 3 is 2.66 bits per heavy atom. The maximum atomic E-state index is 14.8. The molecule has 1 aliphatic heterocycles. The van der Waals surface area contributed by atoms with Gasteiger partial charge in [0, 0.05) is 61.0 Å². The van der Waals surface area contributed by atoms with Crippen molar-refractivity contribution in [2.75, 3.05) is 25.1 Å². The number of rotatable bonds is 5. The molecule has 0 aliphatic carbocycles. The van der Waals surface area contributed by atoms with E-state index < -0.39 is 5.82 Å². The zero-order valence-electron chi connectivity index (χ0n) is 19.4. The van der Waals surface area contributed by atoms with Gasteiger partial charge >= 0.3 is 0 Å². The summed E-state index contributed by atoms with van der Waals surface area (Å²) in [5.41, 5.74) is 3.79. The smallest absolute Gasteiger partial charge is 0.200 e. The predicted octanol–water partition coefficient (Wildman–Crippen LogP) is 4.58. The summed E-state index contributed by atoms with van der Waals surface area (Å²) in [6, 6.07) is 9.76. The summed E-state index contributed by atoms with van der Waals surface area (Å²) in [5.74, 6) is -0.421. The van der Waals surface area contributed by atoms with Crippen LogP contribution < -0.4 is 4.90 Å². The number of nitrogens with zero attached hydrogens (tertiary/aromatic N) is 7. The summed E-state index contributed by atoms with van der Waals surface area (Å²) >= 11 is 1.45. The number of anilines is 1. The lowest BCUT2D eigenvalue weighted by Gasteiger charge is -2.32. The molecule has 0 bridgehead atoms. The fraction of sp³-hybridized carbons (Fsp3) is 0.280. The van der Waals surface area contributed by atoms with E-state index in [0.717, 1.165) is 53.0 Å². The van der Waals surface area contributed by atoms with E-state index >= 15 is 0 Å². The van der Waals surface area contributed by atoms with Gasteiger partial charge in [0.25, 0.3) is 0 Å². The lowest BCUT2D eigenvalue weighted by atomic mass is 10.1. The molecule has 1 saturated heterocycles. The van der Waals surface area contributed by atoms with Crippen molar-refractivity contribution in [1.82, 2.24) is 29.4 Å². The average molecular weight is 490 g/mol. The number of methoxy groups -OCH3 is 1. The molecule has 5 aromatic rings. The normalized spacial score (nSPS) is 14.9. The first-order chi connectivity index (χ1) is 17.1. The van der Waals surface area contributed by atoms with Gasteiger partial charge in [0.2, 0.25) is 5.16 Å². The molecular weight excluding hydrogens is 465 g/mol. The number of hydrogen-bond donors (Lipinski definition) is 0. The number of aryl methyl sites for hydroxylation is 1. The van der Waals surface area contributed by atoms with Crippen LogP contribution in [-0.4, -0.2) is 55.7 Å². The van der Waals surface area contributed by atoms with Crippen LogP contribution in [0.5, 0.6) is 0 Å². The number of ether oxygens (including phenoxy) is 1. The van der Waals surface area contributed by atoms with Crippen molar-refractivity contribution < 1.29 is 9.13 Å². The van der Waals surface area contributed by atoms with Crippen molar-refractivity contribution in [2.24, 2.45) is 7.05 Å². The minimum atomic E-state index is -0.421. The van der Waals surface area contributed by atoms with Gasteiger partial charge in [-0.05, 0) is 54.9 Å². The standard InChI is InChI=1S/C25H24FN7OS/c1-31-14-18(12-28-31)17-11-22(26)24-29-30-25(33(24)15-17)35-21-3-4-23-16(10-21)9-19(13-27-23)32-7-5-20(34-2)6-8-32/h3-4,9-15,20H,5-8H2,1-2H3. The second-order valence-electron chi connectivity index (χ2n) is 8.73. The van der Waals surface area contributed by atoms with Gasteiger partial charge in [0.15, 0.2) is 11.5 Å². The van der Waals surface area contributed by atoms with Crippen molar-refractivity contribution in [3.05, 3.63) is 60.9 Å². The summed E-state index contributed by atoms with van der Waals surface area (Å²) < 4.78 is 23.7. The number of aromatic nitrogens is 6. The highest BCUT2D eigenvalue weighted by atomic mass is 32.2. The number of piperidine rings is 1. The average Bonchev–Trinajstić information content (AvgIpc) is 3.50. The molecule has 0 spiro atoms. The third-order valence-electron chi connectivity index (χ3n) is 6.45. The molecule has 8 nitrogen and oxygen atoms in total. The van der Waals surface area contributed by atoms with Crippen LogP contribution in [0.3, 0.4) is 0 Å². The summed E-state index contributed by atoms with van der Waals surface area (Å²) in [4.78, 5) is 8.01. The van der Waals surface area contributed by atoms with Crippen LogP contribution >= 0.6 is 11.8 Å². The summed E-state index contributed by atoms with van der Waals surface area (Å²) in [6.45, 7) is 1.91. The Morgan fingerprint density at radius 1 is 1.03 bits per heavy atom. The molecule has 0 radical (unpaired) electrons. The number of benzene rings is 1. The minimum Gasteiger partial charge on any atom is -0.381 e.